The molecule has 2 aromatic carbocycles. The zero-order valence-corrected chi connectivity index (χ0v) is 15.6. The van der Waals surface area contributed by atoms with Crippen LogP contribution in [0, 0.1) is 0 Å². The quantitative estimate of drug-likeness (QED) is 0.717. The summed E-state index contributed by atoms with van der Waals surface area (Å²) in [6, 6.07) is 15.7. The average Bonchev–Trinajstić information content (AvgIpc) is 2.58. The van der Waals surface area contributed by atoms with Crippen LogP contribution in [-0.2, 0) is 21.2 Å². The third-order valence-corrected chi connectivity index (χ3v) is 5.00. The highest BCUT2D eigenvalue weighted by Gasteiger charge is 2.17. The Labute approximate surface area is 153 Å². The molecule has 0 saturated carbocycles. The highest BCUT2D eigenvalue weighted by molar-refractivity contribution is 7.92. The molecule has 0 aromatic heterocycles. The average molecular weight is 374 g/mol. The summed E-state index contributed by atoms with van der Waals surface area (Å²) in [5, 5.41) is 2.73. The number of carbonyl (C=O) groups is 2. The first-order valence-corrected chi connectivity index (χ1v) is 10.0. The number of amides is 1. The standard InChI is InChI=1S/C19H22N2O4S/c1-15(22)17-8-10-18(11-9-17)21(26(2,24)25)13-12-20-19(23)14-16-6-4-3-5-7-16/h3-11H,12-14H2,1-2H3,(H,20,23). The van der Waals surface area contributed by atoms with Gasteiger partial charge in [-0.25, -0.2) is 8.42 Å². The SMILES string of the molecule is CC(=O)c1ccc(N(CCNC(=O)Cc2ccccc2)S(C)(=O)=O)cc1. The summed E-state index contributed by atoms with van der Waals surface area (Å²) in [5.41, 5.74) is 1.86. The van der Waals surface area contributed by atoms with E-state index in [1.165, 1.54) is 11.2 Å². The molecule has 26 heavy (non-hydrogen) atoms. The number of benzene rings is 2. The molecule has 0 atom stereocenters. The Kier molecular flexibility index (Phi) is 6.52. The lowest BCUT2D eigenvalue weighted by Gasteiger charge is -2.22. The predicted octanol–water partition coefficient (Wildman–Crippen LogP) is 2.01. The van der Waals surface area contributed by atoms with E-state index in [0.29, 0.717) is 11.3 Å². The lowest BCUT2D eigenvalue weighted by Crippen LogP contribution is -2.38. The number of Topliss-reactive ketones (excluding diaryl/α,β-unsaturated/α-hetero) is 1. The van der Waals surface area contributed by atoms with Gasteiger partial charge in [0.25, 0.3) is 0 Å². The molecule has 0 spiro atoms. The first kappa shape index (κ1) is 19.7. The van der Waals surface area contributed by atoms with E-state index in [0.717, 1.165) is 11.8 Å². The van der Waals surface area contributed by atoms with Crippen LogP contribution in [0.1, 0.15) is 22.8 Å². The van der Waals surface area contributed by atoms with Crippen molar-refractivity contribution in [3.05, 3.63) is 65.7 Å². The van der Waals surface area contributed by atoms with E-state index in [1.54, 1.807) is 24.3 Å². The van der Waals surface area contributed by atoms with E-state index in [-0.39, 0.29) is 31.2 Å². The molecular weight excluding hydrogens is 352 g/mol. The molecule has 2 rings (SSSR count). The number of rotatable bonds is 8. The molecule has 2 aromatic rings. The van der Waals surface area contributed by atoms with E-state index < -0.39 is 10.0 Å². The summed E-state index contributed by atoms with van der Waals surface area (Å²) < 4.78 is 25.3. The van der Waals surface area contributed by atoms with Crippen molar-refractivity contribution in [3.8, 4) is 0 Å². The van der Waals surface area contributed by atoms with Crippen LogP contribution in [0.4, 0.5) is 5.69 Å². The summed E-state index contributed by atoms with van der Waals surface area (Å²) in [4.78, 5) is 23.3. The van der Waals surface area contributed by atoms with Crippen molar-refractivity contribution in [2.24, 2.45) is 0 Å². The molecule has 6 nitrogen and oxygen atoms in total. The fourth-order valence-electron chi connectivity index (χ4n) is 2.49. The van der Waals surface area contributed by atoms with Crippen LogP contribution in [0.3, 0.4) is 0 Å². The van der Waals surface area contributed by atoms with E-state index in [2.05, 4.69) is 5.32 Å². The first-order chi connectivity index (χ1) is 12.3. The topological polar surface area (TPSA) is 83.6 Å². The molecule has 0 aliphatic heterocycles. The lowest BCUT2D eigenvalue weighted by atomic mass is 10.1. The number of carbonyl (C=O) groups excluding carboxylic acids is 2. The molecule has 7 heteroatoms. The number of nitrogens with one attached hydrogen (secondary N) is 1. The van der Waals surface area contributed by atoms with E-state index in [9.17, 15) is 18.0 Å². The largest absolute Gasteiger partial charge is 0.354 e. The molecule has 0 heterocycles. The smallest absolute Gasteiger partial charge is 0.232 e. The van der Waals surface area contributed by atoms with Crippen molar-refractivity contribution in [2.45, 2.75) is 13.3 Å². The number of sulfonamides is 1. The minimum Gasteiger partial charge on any atom is -0.354 e. The predicted molar refractivity (Wildman–Crippen MR) is 102 cm³/mol. The molecule has 0 bridgehead atoms. The van der Waals surface area contributed by atoms with Gasteiger partial charge in [0.2, 0.25) is 15.9 Å². The van der Waals surface area contributed by atoms with Gasteiger partial charge in [-0.1, -0.05) is 30.3 Å². The highest BCUT2D eigenvalue weighted by Crippen LogP contribution is 2.18. The third-order valence-electron chi connectivity index (χ3n) is 3.81. The van der Waals surface area contributed by atoms with Gasteiger partial charge in [-0.05, 0) is 36.8 Å². The van der Waals surface area contributed by atoms with Crippen molar-refractivity contribution < 1.29 is 18.0 Å². The number of ketones is 1. The molecule has 0 saturated heterocycles. The molecule has 138 valence electrons. The minimum atomic E-state index is -3.51. The van der Waals surface area contributed by atoms with Crippen LogP contribution in [0.25, 0.3) is 0 Å². The van der Waals surface area contributed by atoms with Crippen molar-refractivity contribution in [1.82, 2.24) is 5.32 Å². The van der Waals surface area contributed by atoms with Crippen LogP contribution in [0.5, 0.6) is 0 Å². The van der Waals surface area contributed by atoms with E-state index >= 15 is 0 Å². The number of nitrogens with zero attached hydrogens (tertiary/aromatic N) is 1. The molecule has 0 radical (unpaired) electrons. The van der Waals surface area contributed by atoms with Crippen LogP contribution >= 0.6 is 0 Å². The molecular formula is C19H22N2O4S. The van der Waals surface area contributed by atoms with Gasteiger partial charge in [0.05, 0.1) is 24.9 Å². The van der Waals surface area contributed by atoms with E-state index in [4.69, 9.17) is 0 Å². The Hall–Kier alpha value is -2.67. The molecule has 1 amide bonds. The second kappa shape index (κ2) is 8.62. The summed E-state index contributed by atoms with van der Waals surface area (Å²) in [7, 11) is -3.51. The maximum absolute atomic E-state index is 12.1. The number of hydrogen-bond donors (Lipinski definition) is 1. The molecule has 0 fully saturated rings. The Morgan fingerprint density at radius 3 is 2.15 bits per heavy atom. The van der Waals surface area contributed by atoms with Crippen molar-refractivity contribution >= 4 is 27.4 Å². The lowest BCUT2D eigenvalue weighted by molar-refractivity contribution is -0.120. The maximum atomic E-state index is 12.1. The monoisotopic (exact) mass is 374 g/mol. The fourth-order valence-corrected chi connectivity index (χ4v) is 3.42. The van der Waals surface area contributed by atoms with Gasteiger partial charge < -0.3 is 5.32 Å². The van der Waals surface area contributed by atoms with Gasteiger partial charge in [-0.3, -0.25) is 13.9 Å². The normalized spacial score (nSPS) is 11.0. The molecule has 0 unspecified atom stereocenters. The van der Waals surface area contributed by atoms with Gasteiger partial charge in [0.15, 0.2) is 5.78 Å². The maximum Gasteiger partial charge on any atom is 0.232 e. The highest BCUT2D eigenvalue weighted by atomic mass is 32.2. The van der Waals surface area contributed by atoms with Gasteiger partial charge in [-0.15, -0.1) is 0 Å². The Morgan fingerprint density at radius 2 is 1.62 bits per heavy atom. The van der Waals surface area contributed by atoms with Gasteiger partial charge in [0.1, 0.15) is 0 Å². The van der Waals surface area contributed by atoms with Crippen LogP contribution in [0.15, 0.2) is 54.6 Å². The third kappa shape index (κ3) is 5.70. The zero-order chi connectivity index (χ0) is 19.2. The Morgan fingerprint density at radius 1 is 1.00 bits per heavy atom. The van der Waals surface area contributed by atoms with Gasteiger partial charge in [-0.2, -0.15) is 0 Å². The van der Waals surface area contributed by atoms with Crippen LogP contribution in [-0.4, -0.2) is 39.5 Å². The first-order valence-electron chi connectivity index (χ1n) is 8.16. The Bertz CT molecular complexity index is 862. The van der Waals surface area contributed by atoms with Gasteiger partial charge >= 0.3 is 0 Å². The summed E-state index contributed by atoms with van der Waals surface area (Å²) in [6.45, 7) is 1.75. The molecule has 0 aliphatic carbocycles. The van der Waals surface area contributed by atoms with Crippen molar-refractivity contribution in [2.75, 3.05) is 23.7 Å². The molecule has 1 N–H and O–H groups in total. The second-order valence-electron chi connectivity index (χ2n) is 5.95. The zero-order valence-electron chi connectivity index (χ0n) is 14.8. The Balaban J connectivity index is 1.98. The number of hydrogen-bond acceptors (Lipinski definition) is 4. The fraction of sp³-hybridized carbons (Fsp3) is 0.263. The minimum absolute atomic E-state index is 0.0874. The molecule has 0 aliphatic rings. The summed E-state index contributed by atoms with van der Waals surface area (Å²) >= 11 is 0. The van der Waals surface area contributed by atoms with E-state index in [1.807, 2.05) is 30.3 Å². The van der Waals surface area contributed by atoms with Gasteiger partial charge in [0, 0.05) is 12.1 Å². The van der Waals surface area contributed by atoms with Crippen molar-refractivity contribution in [1.29, 1.82) is 0 Å². The van der Waals surface area contributed by atoms with Crippen LogP contribution < -0.4 is 9.62 Å². The number of anilines is 1. The van der Waals surface area contributed by atoms with Crippen LogP contribution in [0.2, 0.25) is 0 Å². The summed E-state index contributed by atoms with van der Waals surface area (Å²) in [5.74, 6) is -0.257. The summed E-state index contributed by atoms with van der Waals surface area (Å²) in [6.07, 6.45) is 1.35. The van der Waals surface area contributed by atoms with Crippen molar-refractivity contribution in [3.63, 3.8) is 0 Å². The second-order valence-corrected chi connectivity index (χ2v) is 7.86.